The second-order valence-electron chi connectivity index (χ2n) is 5.59. The summed E-state index contributed by atoms with van der Waals surface area (Å²) in [5.74, 6) is -0.240. The highest BCUT2D eigenvalue weighted by atomic mass is 16.5. The van der Waals surface area contributed by atoms with E-state index in [4.69, 9.17) is 9.47 Å². The van der Waals surface area contributed by atoms with E-state index >= 15 is 0 Å². The van der Waals surface area contributed by atoms with Crippen molar-refractivity contribution >= 4 is 11.9 Å². The van der Waals surface area contributed by atoms with E-state index in [0.717, 1.165) is 17.7 Å². The highest BCUT2D eigenvalue weighted by Gasteiger charge is 2.34. The quantitative estimate of drug-likeness (QED) is 0.909. The minimum absolute atomic E-state index is 0.0610. The molecule has 1 fully saturated rings. The van der Waals surface area contributed by atoms with Crippen molar-refractivity contribution in [1.29, 1.82) is 0 Å². The number of carboxylic acid groups (broad SMARTS) is 1. The second-order valence-corrected chi connectivity index (χ2v) is 5.59. The van der Waals surface area contributed by atoms with E-state index in [1.54, 1.807) is 0 Å². The van der Waals surface area contributed by atoms with Gasteiger partial charge in [-0.25, -0.2) is 4.79 Å². The molecular formula is C16H19NO5. The fraction of sp³-hybridized carbons (Fsp3) is 0.500. The molecule has 1 aromatic rings. The first kappa shape index (κ1) is 14.8. The second kappa shape index (κ2) is 6.36. The topological polar surface area (TPSA) is 76.1 Å². The molecule has 22 heavy (non-hydrogen) atoms. The molecule has 1 saturated heterocycles. The van der Waals surface area contributed by atoms with Crippen LogP contribution in [0.3, 0.4) is 0 Å². The van der Waals surface area contributed by atoms with Crippen LogP contribution in [0.1, 0.15) is 24.3 Å². The third-order valence-corrected chi connectivity index (χ3v) is 4.24. The van der Waals surface area contributed by atoms with Crippen molar-refractivity contribution in [2.24, 2.45) is 0 Å². The van der Waals surface area contributed by atoms with E-state index in [-0.39, 0.29) is 18.4 Å². The van der Waals surface area contributed by atoms with Gasteiger partial charge in [-0.3, -0.25) is 4.79 Å². The number of hydrogen-bond acceptors (Lipinski definition) is 4. The lowest BCUT2D eigenvalue weighted by atomic mass is 9.89. The van der Waals surface area contributed by atoms with Crippen molar-refractivity contribution in [2.45, 2.75) is 24.8 Å². The summed E-state index contributed by atoms with van der Waals surface area (Å²) < 4.78 is 10.8. The zero-order chi connectivity index (χ0) is 15.5. The summed E-state index contributed by atoms with van der Waals surface area (Å²) in [5.41, 5.74) is 1.03. The van der Waals surface area contributed by atoms with Gasteiger partial charge in [0.25, 0.3) is 0 Å². The lowest BCUT2D eigenvalue weighted by molar-refractivity contribution is -0.158. The largest absolute Gasteiger partial charge is 0.493 e. The van der Waals surface area contributed by atoms with Crippen molar-refractivity contribution in [3.05, 3.63) is 29.8 Å². The summed E-state index contributed by atoms with van der Waals surface area (Å²) in [7, 11) is 0. The first-order valence-corrected chi connectivity index (χ1v) is 7.48. The predicted octanol–water partition coefficient (Wildman–Crippen LogP) is 1.25. The Morgan fingerprint density at radius 3 is 2.91 bits per heavy atom. The number of para-hydroxylation sites is 1. The predicted molar refractivity (Wildman–Crippen MR) is 77.9 cm³/mol. The molecule has 2 aliphatic rings. The lowest BCUT2D eigenvalue weighted by Gasteiger charge is -2.34. The molecule has 118 valence electrons. The summed E-state index contributed by atoms with van der Waals surface area (Å²) in [6.07, 6.45) is 1.08. The number of carbonyl (C=O) groups is 2. The van der Waals surface area contributed by atoms with Crippen LogP contribution in [-0.2, 0) is 14.3 Å². The molecule has 3 rings (SSSR count). The smallest absolute Gasteiger partial charge is 0.328 e. The third kappa shape index (κ3) is 2.92. The molecule has 1 amide bonds. The molecule has 2 heterocycles. The monoisotopic (exact) mass is 305 g/mol. The van der Waals surface area contributed by atoms with Crippen molar-refractivity contribution in [1.82, 2.24) is 4.90 Å². The van der Waals surface area contributed by atoms with Crippen LogP contribution >= 0.6 is 0 Å². The van der Waals surface area contributed by atoms with Crippen LogP contribution in [0.15, 0.2) is 24.3 Å². The van der Waals surface area contributed by atoms with E-state index in [0.29, 0.717) is 26.2 Å². The molecule has 2 atom stereocenters. The van der Waals surface area contributed by atoms with Crippen LogP contribution < -0.4 is 4.74 Å². The minimum Gasteiger partial charge on any atom is -0.493 e. The minimum atomic E-state index is -1.01. The molecule has 0 aromatic heterocycles. The highest BCUT2D eigenvalue weighted by molar-refractivity contribution is 5.84. The Hall–Kier alpha value is -2.08. The Labute approximate surface area is 128 Å². The third-order valence-electron chi connectivity index (χ3n) is 4.24. The normalized spacial score (nSPS) is 24.3. The fourth-order valence-corrected chi connectivity index (χ4v) is 3.06. The molecule has 0 unspecified atom stereocenters. The number of morpholine rings is 1. The van der Waals surface area contributed by atoms with Crippen LogP contribution in [-0.4, -0.2) is 54.3 Å². The number of rotatable bonds is 3. The number of benzene rings is 1. The van der Waals surface area contributed by atoms with Crippen molar-refractivity contribution < 1.29 is 24.2 Å². The van der Waals surface area contributed by atoms with E-state index in [2.05, 4.69) is 0 Å². The fourth-order valence-electron chi connectivity index (χ4n) is 3.06. The number of ether oxygens (including phenoxy) is 2. The lowest BCUT2D eigenvalue weighted by Crippen LogP contribution is -2.52. The molecule has 6 nitrogen and oxygen atoms in total. The standard InChI is InChI=1S/C16H19NO5/c18-15(17-6-8-21-10-13(17)16(19)20)9-11-5-7-22-14-4-2-1-3-12(11)14/h1-4,11,13H,5-10H2,(H,19,20)/t11-,13+/m0/s1. The summed E-state index contributed by atoms with van der Waals surface area (Å²) in [4.78, 5) is 25.3. The van der Waals surface area contributed by atoms with Gasteiger partial charge in [-0.05, 0) is 24.0 Å². The summed E-state index contributed by atoms with van der Waals surface area (Å²) in [6.45, 7) is 1.37. The number of nitrogens with zero attached hydrogens (tertiary/aromatic N) is 1. The molecule has 1 aromatic carbocycles. The van der Waals surface area contributed by atoms with Gasteiger partial charge in [0.05, 0.1) is 19.8 Å². The van der Waals surface area contributed by atoms with Gasteiger partial charge >= 0.3 is 5.97 Å². The van der Waals surface area contributed by atoms with Crippen LogP contribution in [0.5, 0.6) is 5.75 Å². The maximum Gasteiger partial charge on any atom is 0.328 e. The van der Waals surface area contributed by atoms with Gasteiger partial charge in [-0.2, -0.15) is 0 Å². The number of aliphatic carboxylic acids is 1. The van der Waals surface area contributed by atoms with E-state index < -0.39 is 12.0 Å². The van der Waals surface area contributed by atoms with Gasteiger partial charge in [0.15, 0.2) is 6.04 Å². The van der Waals surface area contributed by atoms with Gasteiger partial charge in [0.1, 0.15) is 5.75 Å². The van der Waals surface area contributed by atoms with E-state index in [9.17, 15) is 14.7 Å². The van der Waals surface area contributed by atoms with Gasteiger partial charge < -0.3 is 19.5 Å². The Morgan fingerprint density at radius 2 is 2.09 bits per heavy atom. The van der Waals surface area contributed by atoms with Crippen LogP contribution in [0.25, 0.3) is 0 Å². The number of carboxylic acids is 1. The van der Waals surface area contributed by atoms with Gasteiger partial charge in [-0.1, -0.05) is 18.2 Å². The number of carbonyl (C=O) groups excluding carboxylic acids is 1. The summed E-state index contributed by atoms with van der Waals surface area (Å²) in [5, 5.41) is 9.23. The molecule has 0 radical (unpaired) electrons. The molecule has 1 N–H and O–H groups in total. The van der Waals surface area contributed by atoms with Gasteiger partial charge in [0, 0.05) is 13.0 Å². The van der Waals surface area contributed by atoms with Crippen molar-refractivity contribution in [3.8, 4) is 5.75 Å². The van der Waals surface area contributed by atoms with Crippen molar-refractivity contribution in [3.63, 3.8) is 0 Å². The molecule has 2 aliphatic heterocycles. The highest BCUT2D eigenvalue weighted by Crippen LogP contribution is 2.36. The Balaban J connectivity index is 1.73. The average Bonchev–Trinajstić information content (AvgIpc) is 2.55. The zero-order valence-corrected chi connectivity index (χ0v) is 12.2. The van der Waals surface area contributed by atoms with Crippen LogP contribution in [0, 0.1) is 0 Å². The number of amides is 1. The summed E-state index contributed by atoms with van der Waals surface area (Å²) >= 11 is 0. The van der Waals surface area contributed by atoms with Crippen LogP contribution in [0.4, 0.5) is 0 Å². The molecule has 6 heteroatoms. The van der Waals surface area contributed by atoms with E-state index in [1.165, 1.54) is 4.90 Å². The average molecular weight is 305 g/mol. The van der Waals surface area contributed by atoms with Gasteiger partial charge in [0.2, 0.25) is 5.91 Å². The first-order valence-electron chi connectivity index (χ1n) is 7.48. The Bertz CT molecular complexity index is 573. The maximum absolute atomic E-state index is 12.6. The zero-order valence-electron chi connectivity index (χ0n) is 12.2. The first-order chi connectivity index (χ1) is 10.7. The Kier molecular flexibility index (Phi) is 4.29. The molecule has 0 bridgehead atoms. The maximum atomic E-state index is 12.6. The molecule has 0 saturated carbocycles. The van der Waals surface area contributed by atoms with Gasteiger partial charge in [-0.15, -0.1) is 0 Å². The number of fused-ring (bicyclic) bond motifs is 1. The molecular weight excluding hydrogens is 286 g/mol. The van der Waals surface area contributed by atoms with Crippen molar-refractivity contribution in [2.75, 3.05) is 26.4 Å². The number of hydrogen-bond donors (Lipinski definition) is 1. The van der Waals surface area contributed by atoms with E-state index in [1.807, 2.05) is 24.3 Å². The molecule has 0 aliphatic carbocycles. The SMILES string of the molecule is O=C(O)[C@H]1COCCN1C(=O)C[C@@H]1CCOc2ccccc21. The Morgan fingerprint density at radius 1 is 1.27 bits per heavy atom. The summed E-state index contributed by atoms with van der Waals surface area (Å²) in [6, 6.07) is 6.84. The molecule has 0 spiro atoms. The van der Waals surface area contributed by atoms with Crippen LogP contribution in [0.2, 0.25) is 0 Å².